The molecule has 1 aromatic carbocycles. The van der Waals surface area contributed by atoms with Gasteiger partial charge < -0.3 is 15.2 Å². The van der Waals surface area contributed by atoms with E-state index in [9.17, 15) is 14.7 Å². The van der Waals surface area contributed by atoms with Crippen molar-refractivity contribution in [3.05, 3.63) is 29.3 Å². The second-order valence-corrected chi connectivity index (χ2v) is 9.53. The molecular weight excluding hydrogens is 354 g/mol. The first kappa shape index (κ1) is 19.4. The van der Waals surface area contributed by atoms with Crippen LogP contribution in [0.3, 0.4) is 0 Å². The van der Waals surface area contributed by atoms with Crippen molar-refractivity contribution >= 4 is 17.6 Å². The second kappa shape index (κ2) is 7.18. The van der Waals surface area contributed by atoms with E-state index in [2.05, 4.69) is 5.32 Å². The van der Waals surface area contributed by atoms with Gasteiger partial charge in [0, 0.05) is 5.69 Å². The van der Waals surface area contributed by atoms with E-state index in [4.69, 9.17) is 4.74 Å². The summed E-state index contributed by atoms with van der Waals surface area (Å²) >= 11 is 0. The smallest absolute Gasteiger partial charge is 0.306 e. The van der Waals surface area contributed by atoms with Gasteiger partial charge in [0.2, 0.25) is 0 Å². The number of nitrogens with one attached hydrogen (secondary N) is 1. The van der Waals surface area contributed by atoms with Crippen LogP contribution in [0.25, 0.3) is 0 Å². The summed E-state index contributed by atoms with van der Waals surface area (Å²) in [6.07, 6.45) is 6.84. The van der Waals surface area contributed by atoms with Gasteiger partial charge in [-0.2, -0.15) is 0 Å². The van der Waals surface area contributed by atoms with Crippen LogP contribution in [0.15, 0.2) is 18.2 Å². The van der Waals surface area contributed by atoms with E-state index in [1.54, 1.807) is 0 Å². The van der Waals surface area contributed by atoms with Gasteiger partial charge in [-0.15, -0.1) is 0 Å². The molecule has 0 radical (unpaired) electrons. The van der Waals surface area contributed by atoms with Crippen molar-refractivity contribution < 1.29 is 19.4 Å². The number of hydrogen-bond donors (Lipinski definition) is 2. The van der Waals surface area contributed by atoms with Crippen molar-refractivity contribution in [3.8, 4) is 0 Å². The maximum Gasteiger partial charge on any atom is 0.306 e. The Morgan fingerprint density at radius 2 is 1.93 bits per heavy atom. The molecule has 0 aliphatic heterocycles. The van der Waals surface area contributed by atoms with E-state index in [-0.39, 0.29) is 23.9 Å². The Morgan fingerprint density at radius 1 is 1.21 bits per heavy atom. The van der Waals surface area contributed by atoms with Crippen molar-refractivity contribution in [2.24, 2.45) is 17.3 Å². The molecule has 5 nitrogen and oxygen atoms in total. The number of amides is 1. The van der Waals surface area contributed by atoms with E-state index in [0.29, 0.717) is 24.7 Å². The third-order valence-corrected chi connectivity index (χ3v) is 7.04. The Morgan fingerprint density at radius 3 is 2.57 bits per heavy atom. The van der Waals surface area contributed by atoms with E-state index in [0.717, 1.165) is 48.9 Å². The largest absolute Gasteiger partial charge is 0.456 e. The average molecular weight is 386 g/mol. The molecule has 28 heavy (non-hydrogen) atoms. The summed E-state index contributed by atoms with van der Waals surface area (Å²) < 4.78 is 5.33. The molecule has 0 spiro atoms. The zero-order valence-corrected chi connectivity index (χ0v) is 16.9. The highest BCUT2D eigenvalue weighted by atomic mass is 16.5. The standard InChI is InChI=1S/C23H31NO4/c1-3-18-6-4-5-15(2)21(18)24-19(25)13-28-20(26)12-22-8-16-7-17(9-22)11-23(27,10-16)14-22/h4-6,16-17,27H,3,7-14H2,1-2H3,(H,24,25)/t16-,17+,22?,23?. The van der Waals surface area contributed by atoms with Gasteiger partial charge in [0.1, 0.15) is 0 Å². The molecule has 4 saturated carbocycles. The minimum absolute atomic E-state index is 0.127. The van der Waals surface area contributed by atoms with Crippen LogP contribution in [0.1, 0.15) is 63.0 Å². The number of aliphatic hydroxyl groups is 1. The number of ether oxygens (including phenoxy) is 1. The van der Waals surface area contributed by atoms with Crippen molar-refractivity contribution in [1.82, 2.24) is 0 Å². The first-order valence-corrected chi connectivity index (χ1v) is 10.6. The van der Waals surface area contributed by atoms with Crippen LogP contribution < -0.4 is 5.32 Å². The third-order valence-electron chi connectivity index (χ3n) is 7.04. The molecule has 2 unspecified atom stereocenters. The normalized spacial score (nSPS) is 33.0. The predicted octanol–water partition coefficient (Wildman–Crippen LogP) is 3.76. The molecule has 4 atom stereocenters. The number of carbonyl (C=O) groups is 2. The molecular formula is C23H31NO4. The van der Waals surface area contributed by atoms with Gasteiger partial charge in [0.15, 0.2) is 6.61 Å². The Kier molecular flexibility index (Phi) is 4.98. The molecule has 152 valence electrons. The summed E-state index contributed by atoms with van der Waals surface area (Å²) in [7, 11) is 0. The number of benzene rings is 1. The lowest BCUT2D eigenvalue weighted by molar-refractivity contribution is -0.177. The maximum atomic E-state index is 12.5. The number of hydrogen-bond acceptors (Lipinski definition) is 4. The van der Waals surface area contributed by atoms with Crippen LogP contribution in [0, 0.1) is 24.2 Å². The highest BCUT2D eigenvalue weighted by Gasteiger charge is 2.57. The zero-order valence-electron chi connectivity index (χ0n) is 16.9. The Hall–Kier alpha value is -1.88. The van der Waals surface area contributed by atoms with E-state index < -0.39 is 5.60 Å². The van der Waals surface area contributed by atoms with Crippen molar-refractivity contribution in [2.75, 3.05) is 11.9 Å². The van der Waals surface area contributed by atoms with Gasteiger partial charge in [0.05, 0.1) is 12.0 Å². The topological polar surface area (TPSA) is 75.6 Å². The average Bonchev–Trinajstić information content (AvgIpc) is 2.59. The Balaban J connectivity index is 1.32. The summed E-state index contributed by atoms with van der Waals surface area (Å²) in [6, 6.07) is 5.92. The molecule has 4 aliphatic carbocycles. The fourth-order valence-corrected chi connectivity index (χ4v) is 6.49. The Labute approximate surface area is 166 Å². The van der Waals surface area contributed by atoms with E-state index in [1.807, 2.05) is 32.0 Å². The minimum atomic E-state index is -0.580. The fourth-order valence-electron chi connectivity index (χ4n) is 6.49. The maximum absolute atomic E-state index is 12.5. The number of para-hydroxylation sites is 1. The number of rotatable bonds is 6. The molecule has 1 aromatic rings. The van der Waals surface area contributed by atoms with Crippen LogP contribution in [-0.2, 0) is 20.7 Å². The molecule has 5 rings (SSSR count). The molecule has 0 heterocycles. The lowest BCUT2D eigenvalue weighted by Crippen LogP contribution is -2.56. The lowest BCUT2D eigenvalue weighted by Gasteiger charge is -2.60. The predicted molar refractivity (Wildman–Crippen MR) is 107 cm³/mol. The quantitative estimate of drug-likeness (QED) is 0.731. The molecule has 1 amide bonds. The van der Waals surface area contributed by atoms with Gasteiger partial charge in [-0.25, -0.2) is 0 Å². The molecule has 5 heteroatoms. The molecule has 4 fully saturated rings. The summed E-state index contributed by atoms with van der Waals surface area (Å²) in [6.45, 7) is 3.74. The third kappa shape index (κ3) is 3.82. The summed E-state index contributed by atoms with van der Waals surface area (Å²) in [4.78, 5) is 24.8. The number of carbonyl (C=O) groups excluding carboxylic acids is 2. The fraction of sp³-hybridized carbons (Fsp3) is 0.652. The van der Waals surface area contributed by atoms with Crippen molar-refractivity contribution in [1.29, 1.82) is 0 Å². The number of anilines is 1. The highest BCUT2D eigenvalue weighted by Crippen LogP contribution is 2.62. The summed E-state index contributed by atoms with van der Waals surface area (Å²) in [5.41, 5.74) is 2.18. The van der Waals surface area contributed by atoms with Crippen molar-refractivity contribution in [2.45, 2.75) is 70.8 Å². The number of esters is 1. The molecule has 4 bridgehead atoms. The van der Waals surface area contributed by atoms with E-state index in [1.165, 1.54) is 6.42 Å². The molecule has 4 aliphatic rings. The monoisotopic (exact) mass is 385 g/mol. The van der Waals surface area contributed by atoms with E-state index >= 15 is 0 Å². The SMILES string of the molecule is CCc1cccc(C)c1NC(=O)COC(=O)CC12C[C@@H]3C[C@@H](CC(O)(C3)C1)C2. The van der Waals surface area contributed by atoms with Crippen molar-refractivity contribution in [3.63, 3.8) is 0 Å². The van der Waals surface area contributed by atoms with Gasteiger partial charge in [0.25, 0.3) is 5.91 Å². The molecule has 0 saturated heterocycles. The van der Waals surface area contributed by atoms with Crippen LogP contribution in [0.2, 0.25) is 0 Å². The minimum Gasteiger partial charge on any atom is -0.456 e. The lowest BCUT2D eigenvalue weighted by atomic mass is 9.47. The van der Waals surface area contributed by atoms with Crippen LogP contribution >= 0.6 is 0 Å². The zero-order chi connectivity index (χ0) is 19.9. The van der Waals surface area contributed by atoms with Crippen LogP contribution in [-0.4, -0.2) is 29.2 Å². The van der Waals surface area contributed by atoms with Gasteiger partial charge in [-0.1, -0.05) is 25.1 Å². The molecule has 0 aromatic heterocycles. The van der Waals surface area contributed by atoms with Gasteiger partial charge in [-0.05, 0) is 80.2 Å². The van der Waals surface area contributed by atoms with Crippen LogP contribution in [0.4, 0.5) is 5.69 Å². The highest BCUT2D eigenvalue weighted by molar-refractivity contribution is 5.94. The Bertz CT molecular complexity index is 773. The second-order valence-electron chi connectivity index (χ2n) is 9.53. The van der Waals surface area contributed by atoms with Gasteiger partial charge >= 0.3 is 5.97 Å². The first-order valence-electron chi connectivity index (χ1n) is 10.6. The summed E-state index contributed by atoms with van der Waals surface area (Å²) in [5, 5.41) is 13.7. The molecule has 2 N–H and O–H groups in total. The van der Waals surface area contributed by atoms with Crippen LogP contribution in [0.5, 0.6) is 0 Å². The summed E-state index contributed by atoms with van der Waals surface area (Å²) in [5.74, 6) is 0.453. The number of aryl methyl sites for hydroxylation is 2. The van der Waals surface area contributed by atoms with Gasteiger partial charge in [-0.3, -0.25) is 9.59 Å². The first-order chi connectivity index (χ1) is 13.3.